The number of hydrogen-bond donors (Lipinski definition) is 2. The van der Waals surface area contributed by atoms with E-state index >= 15 is 0 Å². The van der Waals surface area contributed by atoms with E-state index in [1.807, 2.05) is 0 Å². The van der Waals surface area contributed by atoms with Crippen LogP contribution in [0, 0.1) is 11.8 Å². The normalized spacial score (nSPS) is 44.8. The zero-order chi connectivity index (χ0) is 9.26. The summed E-state index contributed by atoms with van der Waals surface area (Å²) in [7, 11) is 0. The molecular formula is C11H21NO. The third kappa shape index (κ3) is 2.44. The molecule has 0 spiro atoms. The molecule has 13 heavy (non-hydrogen) atoms. The monoisotopic (exact) mass is 183 g/mol. The molecule has 2 aliphatic rings. The summed E-state index contributed by atoms with van der Waals surface area (Å²) in [5.41, 5.74) is 0. The molecule has 76 valence electrons. The molecule has 2 atom stereocenters. The molecule has 0 radical (unpaired) electrons. The first-order valence-corrected chi connectivity index (χ1v) is 5.66. The van der Waals surface area contributed by atoms with Gasteiger partial charge in [-0.15, -0.1) is 0 Å². The van der Waals surface area contributed by atoms with E-state index in [9.17, 15) is 0 Å². The van der Waals surface area contributed by atoms with Crippen LogP contribution in [0.3, 0.4) is 0 Å². The zero-order valence-corrected chi connectivity index (χ0v) is 8.50. The molecule has 0 amide bonds. The van der Waals surface area contributed by atoms with Crippen LogP contribution in [0.5, 0.6) is 0 Å². The SMILES string of the molecule is CC1CCC(N[C@@H]2C[C@H]2CO)CC1. The standard InChI is InChI=1S/C11H21NO/c1-8-2-4-10(5-3-8)12-11-6-9(11)7-13/h8-13H,2-7H2,1H3/t8?,9-,10?,11+/m0/s1. The summed E-state index contributed by atoms with van der Waals surface area (Å²) in [5, 5.41) is 12.6. The zero-order valence-electron chi connectivity index (χ0n) is 8.50. The van der Waals surface area contributed by atoms with Gasteiger partial charge in [0, 0.05) is 18.7 Å². The molecule has 0 heterocycles. The highest BCUT2D eigenvalue weighted by Gasteiger charge is 2.37. The van der Waals surface area contributed by atoms with Crippen molar-refractivity contribution in [1.82, 2.24) is 5.32 Å². The van der Waals surface area contributed by atoms with Gasteiger partial charge in [0.2, 0.25) is 0 Å². The van der Waals surface area contributed by atoms with Crippen LogP contribution in [0.4, 0.5) is 0 Å². The van der Waals surface area contributed by atoms with E-state index in [0.717, 1.165) is 12.0 Å². The number of rotatable bonds is 3. The number of aliphatic hydroxyl groups is 1. The van der Waals surface area contributed by atoms with Crippen molar-refractivity contribution in [1.29, 1.82) is 0 Å². The minimum Gasteiger partial charge on any atom is -0.396 e. The predicted molar refractivity (Wildman–Crippen MR) is 53.5 cm³/mol. The molecule has 0 unspecified atom stereocenters. The smallest absolute Gasteiger partial charge is 0.0474 e. The van der Waals surface area contributed by atoms with Gasteiger partial charge in [-0.3, -0.25) is 0 Å². The van der Waals surface area contributed by atoms with E-state index in [1.54, 1.807) is 0 Å². The van der Waals surface area contributed by atoms with Crippen molar-refractivity contribution in [2.24, 2.45) is 11.8 Å². The summed E-state index contributed by atoms with van der Waals surface area (Å²) in [4.78, 5) is 0. The Labute approximate surface area is 80.7 Å². The van der Waals surface area contributed by atoms with Crippen molar-refractivity contribution >= 4 is 0 Å². The first-order valence-electron chi connectivity index (χ1n) is 5.66. The second-order valence-electron chi connectivity index (χ2n) is 4.91. The van der Waals surface area contributed by atoms with Gasteiger partial charge in [0.15, 0.2) is 0 Å². The molecule has 0 aromatic carbocycles. The highest BCUT2D eigenvalue weighted by atomic mass is 16.3. The number of aliphatic hydroxyl groups excluding tert-OH is 1. The molecule has 0 aliphatic heterocycles. The van der Waals surface area contributed by atoms with Crippen LogP contribution in [-0.4, -0.2) is 23.8 Å². The molecule has 2 rings (SSSR count). The van der Waals surface area contributed by atoms with Crippen LogP contribution < -0.4 is 5.32 Å². The maximum absolute atomic E-state index is 8.91. The summed E-state index contributed by atoms with van der Waals surface area (Å²) < 4.78 is 0. The van der Waals surface area contributed by atoms with Gasteiger partial charge in [-0.1, -0.05) is 6.92 Å². The summed E-state index contributed by atoms with van der Waals surface area (Å²) in [5.74, 6) is 1.50. The van der Waals surface area contributed by atoms with E-state index < -0.39 is 0 Å². The van der Waals surface area contributed by atoms with Gasteiger partial charge < -0.3 is 10.4 Å². The molecular weight excluding hydrogens is 162 g/mol. The molecule has 2 fully saturated rings. The van der Waals surface area contributed by atoms with Gasteiger partial charge in [-0.05, 0) is 43.9 Å². The summed E-state index contributed by atoms with van der Waals surface area (Å²) in [6.07, 6.45) is 6.65. The summed E-state index contributed by atoms with van der Waals surface area (Å²) >= 11 is 0. The third-order valence-electron chi connectivity index (χ3n) is 3.62. The quantitative estimate of drug-likeness (QED) is 0.695. The van der Waals surface area contributed by atoms with Crippen LogP contribution in [0.1, 0.15) is 39.0 Å². The Bertz CT molecular complexity index is 163. The van der Waals surface area contributed by atoms with Crippen LogP contribution in [-0.2, 0) is 0 Å². The fourth-order valence-electron chi connectivity index (χ4n) is 2.38. The Kier molecular flexibility index (Phi) is 2.89. The van der Waals surface area contributed by atoms with Gasteiger partial charge >= 0.3 is 0 Å². The second kappa shape index (κ2) is 3.97. The average Bonchev–Trinajstić information content (AvgIpc) is 2.88. The molecule has 2 aliphatic carbocycles. The predicted octanol–water partition coefficient (Wildman–Crippen LogP) is 1.54. The van der Waals surface area contributed by atoms with Crippen LogP contribution >= 0.6 is 0 Å². The lowest BCUT2D eigenvalue weighted by Crippen LogP contribution is -2.35. The van der Waals surface area contributed by atoms with E-state index in [0.29, 0.717) is 18.6 Å². The van der Waals surface area contributed by atoms with Gasteiger partial charge in [-0.2, -0.15) is 0 Å². The van der Waals surface area contributed by atoms with Gasteiger partial charge in [-0.25, -0.2) is 0 Å². The Morgan fingerprint density at radius 3 is 2.46 bits per heavy atom. The molecule has 0 saturated heterocycles. The van der Waals surface area contributed by atoms with Crippen molar-refractivity contribution in [2.45, 2.75) is 51.1 Å². The van der Waals surface area contributed by atoms with Crippen LogP contribution in [0.15, 0.2) is 0 Å². The van der Waals surface area contributed by atoms with Crippen molar-refractivity contribution in [3.8, 4) is 0 Å². The Balaban J connectivity index is 1.66. The molecule has 0 bridgehead atoms. The molecule has 2 saturated carbocycles. The minimum atomic E-state index is 0.376. The van der Waals surface area contributed by atoms with E-state index in [4.69, 9.17) is 5.11 Å². The van der Waals surface area contributed by atoms with Crippen molar-refractivity contribution in [3.63, 3.8) is 0 Å². The van der Waals surface area contributed by atoms with E-state index in [-0.39, 0.29) is 0 Å². The maximum atomic E-state index is 8.91. The first-order chi connectivity index (χ1) is 6.29. The minimum absolute atomic E-state index is 0.376. The highest BCUT2D eigenvalue weighted by molar-refractivity contribution is 4.95. The summed E-state index contributed by atoms with van der Waals surface area (Å²) in [6, 6.07) is 1.39. The Morgan fingerprint density at radius 1 is 1.23 bits per heavy atom. The molecule has 2 nitrogen and oxygen atoms in total. The third-order valence-corrected chi connectivity index (χ3v) is 3.62. The van der Waals surface area contributed by atoms with Gasteiger partial charge in [0.1, 0.15) is 0 Å². The Morgan fingerprint density at radius 2 is 1.92 bits per heavy atom. The van der Waals surface area contributed by atoms with E-state index in [2.05, 4.69) is 12.2 Å². The Hall–Kier alpha value is -0.0800. The highest BCUT2D eigenvalue weighted by Crippen LogP contribution is 2.32. The lowest BCUT2D eigenvalue weighted by Gasteiger charge is -2.27. The van der Waals surface area contributed by atoms with Crippen LogP contribution in [0.25, 0.3) is 0 Å². The van der Waals surface area contributed by atoms with Crippen molar-refractivity contribution in [3.05, 3.63) is 0 Å². The number of hydrogen-bond acceptors (Lipinski definition) is 2. The fourth-order valence-corrected chi connectivity index (χ4v) is 2.38. The molecule has 0 aromatic heterocycles. The van der Waals surface area contributed by atoms with Crippen LogP contribution in [0.2, 0.25) is 0 Å². The van der Waals surface area contributed by atoms with Gasteiger partial charge in [0.05, 0.1) is 0 Å². The first kappa shape index (κ1) is 9.47. The van der Waals surface area contributed by atoms with Crippen molar-refractivity contribution in [2.75, 3.05) is 6.61 Å². The number of nitrogens with one attached hydrogen (secondary N) is 1. The van der Waals surface area contributed by atoms with Crippen molar-refractivity contribution < 1.29 is 5.11 Å². The average molecular weight is 183 g/mol. The van der Waals surface area contributed by atoms with Gasteiger partial charge in [0.25, 0.3) is 0 Å². The maximum Gasteiger partial charge on any atom is 0.0474 e. The molecule has 2 N–H and O–H groups in total. The topological polar surface area (TPSA) is 32.3 Å². The molecule has 2 heteroatoms. The fraction of sp³-hybridized carbons (Fsp3) is 1.00. The lowest BCUT2D eigenvalue weighted by molar-refractivity contribution is 0.259. The van der Waals surface area contributed by atoms with E-state index in [1.165, 1.54) is 32.1 Å². The second-order valence-corrected chi connectivity index (χ2v) is 4.91. The summed E-state index contributed by atoms with van der Waals surface area (Å²) in [6.45, 7) is 2.73. The molecule has 0 aromatic rings. The lowest BCUT2D eigenvalue weighted by atomic mass is 9.87. The largest absolute Gasteiger partial charge is 0.396 e.